The second-order valence-electron chi connectivity index (χ2n) is 6.91. The van der Waals surface area contributed by atoms with Gasteiger partial charge >= 0.3 is 0 Å². The Morgan fingerprint density at radius 2 is 1.91 bits per heavy atom. The van der Waals surface area contributed by atoms with Gasteiger partial charge in [0.25, 0.3) is 0 Å². The fourth-order valence-electron chi connectivity index (χ4n) is 4.12. The third kappa shape index (κ3) is 3.23. The molecule has 0 radical (unpaired) electrons. The molecule has 1 heterocycles. The first kappa shape index (κ1) is 16.4. The maximum Gasteiger partial charge on any atom is 0.121 e. The van der Waals surface area contributed by atoms with Gasteiger partial charge in [-0.05, 0) is 46.1 Å². The lowest BCUT2D eigenvalue weighted by Gasteiger charge is -2.51. The molecular formula is C17H24Cl2N2O. The fraction of sp³-hybridized carbons (Fsp3) is 0.647. The van der Waals surface area contributed by atoms with Crippen molar-refractivity contribution in [1.82, 2.24) is 9.80 Å². The highest BCUT2D eigenvalue weighted by atomic mass is 35.5. The van der Waals surface area contributed by atoms with Gasteiger partial charge in [0.15, 0.2) is 0 Å². The van der Waals surface area contributed by atoms with Crippen LogP contribution in [0, 0.1) is 11.8 Å². The lowest BCUT2D eigenvalue weighted by molar-refractivity contribution is -0.0622. The Labute approximate surface area is 143 Å². The summed E-state index contributed by atoms with van der Waals surface area (Å²) in [6, 6.07) is 6.15. The van der Waals surface area contributed by atoms with Crippen molar-refractivity contribution in [2.24, 2.45) is 11.8 Å². The number of piperidine rings is 1. The lowest BCUT2D eigenvalue weighted by Crippen LogP contribution is -2.60. The molecule has 0 spiro atoms. The zero-order valence-electron chi connectivity index (χ0n) is 13.4. The van der Waals surface area contributed by atoms with Crippen molar-refractivity contribution < 1.29 is 4.74 Å². The van der Waals surface area contributed by atoms with Gasteiger partial charge in [-0.3, -0.25) is 0 Å². The molecule has 3 nitrogen and oxygen atoms in total. The van der Waals surface area contributed by atoms with Crippen molar-refractivity contribution in [3.63, 3.8) is 0 Å². The van der Waals surface area contributed by atoms with Crippen LogP contribution in [-0.4, -0.2) is 56.2 Å². The maximum absolute atomic E-state index is 6.39. The minimum Gasteiger partial charge on any atom is -0.490 e. The van der Waals surface area contributed by atoms with Crippen LogP contribution in [0.3, 0.4) is 0 Å². The summed E-state index contributed by atoms with van der Waals surface area (Å²) in [4.78, 5) is 4.80. The number of rotatable bonds is 3. The van der Waals surface area contributed by atoms with Crippen molar-refractivity contribution in [2.75, 3.05) is 34.2 Å². The van der Waals surface area contributed by atoms with E-state index < -0.39 is 0 Å². The summed E-state index contributed by atoms with van der Waals surface area (Å²) < 4.78 is 6.39. The molecule has 2 unspecified atom stereocenters. The van der Waals surface area contributed by atoms with E-state index in [9.17, 15) is 0 Å². The minimum absolute atomic E-state index is 0.259. The Bertz CT molecular complexity index is 537. The maximum atomic E-state index is 6.39. The Kier molecular flexibility index (Phi) is 4.89. The molecule has 2 bridgehead atoms. The van der Waals surface area contributed by atoms with Gasteiger partial charge in [-0.1, -0.05) is 23.2 Å². The van der Waals surface area contributed by atoms with Gasteiger partial charge in [-0.2, -0.15) is 0 Å². The van der Waals surface area contributed by atoms with Crippen molar-refractivity contribution >= 4 is 23.2 Å². The molecule has 1 saturated heterocycles. The Hall–Kier alpha value is -0.480. The second kappa shape index (κ2) is 6.56. The average Bonchev–Trinajstić information content (AvgIpc) is 2.43. The first-order chi connectivity index (χ1) is 10.5. The van der Waals surface area contributed by atoms with Crippen LogP contribution in [-0.2, 0) is 0 Å². The molecule has 4 atom stereocenters. The zero-order valence-corrected chi connectivity index (χ0v) is 14.9. The monoisotopic (exact) mass is 342 g/mol. The molecule has 0 amide bonds. The highest BCUT2D eigenvalue weighted by Crippen LogP contribution is 2.39. The summed E-state index contributed by atoms with van der Waals surface area (Å²) in [5, 5.41) is 1.13. The number of halogens is 2. The van der Waals surface area contributed by atoms with Crippen LogP contribution in [0.25, 0.3) is 0 Å². The number of ether oxygens (including phenoxy) is 1. The molecule has 122 valence electrons. The number of hydrogen-bond acceptors (Lipinski definition) is 3. The van der Waals surface area contributed by atoms with Crippen molar-refractivity contribution in [3.8, 4) is 5.75 Å². The van der Waals surface area contributed by atoms with Crippen molar-refractivity contribution in [3.05, 3.63) is 28.2 Å². The van der Waals surface area contributed by atoms with Crippen LogP contribution < -0.4 is 4.74 Å². The van der Waals surface area contributed by atoms with E-state index in [4.69, 9.17) is 27.9 Å². The van der Waals surface area contributed by atoms with Gasteiger partial charge < -0.3 is 14.5 Å². The van der Waals surface area contributed by atoms with E-state index in [-0.39, 0.29) is 6.10 Å². The van der Waals surface area contributed by atoms with Crippen molar-refractivity contribution in [2.45, 2.75) is 25.0 Å². The van der Waals surface area contributed by atoms with Gasteiger partial charge in [0.2, 0.25) is 0 Å². The van der Waals surface area contributed by atoms with E-state index in [1.54, 1.807) is 0 Å². The highest BCUT2D eigenvalue weighted by molar-refractivity contribution is 6.42. The normalized spacial score (nSPS) is 32.3. The minimum atomic E-state index is 0.259. The summed E-state index contributed by atoms with van der Waals surface area (Å²) in [6.45, 7) is 2.20. The molecule has 1 aliphatic heterocycles. The molecule has 3 rings (SSSR count). The number of fused-ring (bicyclic) bond motifs is 2. The van der Waals surface area contributed by atoms with Gasteiger partial charge in [0, 0.05) is 37.0 Å². The van der Waals surface area contributed by atoms with Gasteiger partial charge in [-0.25, -0.2) is 0 Å². The Morgan fingerprint density at radius 3 is 2.59 bits per heavy atom. The first-order valence-corrected chi connectivity index (χ1v) is 8.68. The summed E-state index contributed by atoms with van der Waals surface area (Å²) >= 11 is 12.1. The molecular weight excluding hydrogens is 319 g/mol. The Morgan fingerprint density at radius 1 is 1.14 bits per heavy atom. The first-order valence-electron chi connectivity index (χ1n) is 7.92. The zero-order chi connectivity index (χ0) is 15.9. The summed E-state index contributed by atoms with van der Waals surface area (Å²) in [5.74, 6) is 1.95. The Balaban J connectivity index is 1.82. The molecule has 1 aromatic rings. The number of benzene rings is 1. The highest BCUT2D eigenvalue weighted by Gasteiger charge is 2.45. The molecule has 5 heteroatoms. The lowest BCUT2D eigenvalue weighted by atomic mass is 9.72. The van der Waals surface area contributed by atoms with Gasteiger partial charge in [0.1, 0.15) is 11.9 Å². The van der Waals surface area contributed by atoms with E-state index in [0.717, 1.165) is 18.8 Å². The molecule has 2 aliphatic rings. The standard InChI is InChI=1S/C17H24Cl2N2O/c1-20(2)16-7-4-11-9-21(3)10-13(16)17(11)22-12-5-6-14(18)15(19)8-12/h5-6,8,11,13,16-17H,4,7,9-10H2,1-3H3/t11?,13?,16-,17-/m1/s1. The summed E-state index contributed by atoms with van der Waals surface area (Å²) in [5.41, 5.74) is 0. The van der Waals surface area contributed by atoms with E-state index in [2.05, 4.69) is 30.9 Å². The van der Waals surface area contributed by atoms with E-state index in [1.165, 1.54) is 12.8 Å². The topological polar surface area (TPSA) is 15.7 Å². The van der Waals surface area contributed by atoms with E-state index >= 15 is 0 Å². The van der Waals surface area contributed by atoms with Crippen LogP contribution in [0.4, 0.5) is 0 Å². The molecule has 0 aromatic heterocycles. The third-order valence-electron chi connectivity index (χ3n) is 5.11. The van der Waals surface area contributed by atoms with Crippen LogP contribution in [0.15, 0.2) is 18.2 Å². The SMILES string of the molecule is CN1CC2CC[C@@H](N(C)C)C(C1)[C@@H]2Oc1ccc(Cl)c(Cl)c1. The second-order valence-corrected chi connectivity index (χ2v) is 7.73. The average molecular weight is 343 g/mol. The van der Waals surface area contributed by atoms with Crippen LogP contribution in [0.1, 0.15) is 12.8 Å². The predicted octanol–water partition coefficient (Wildman–Crippen LogP) is 3.64. The molecule has 1 saturated carbocycles. The molecule has 2 fully saturated rings. The van der Waals surface area contributed by atoms with Gasteiger partial charge in [0.05, 0.1) is 10.0 Å². The molecule has 1 aliphatic carbocycles. The third-order valence-corrected chi connectivity index (χ3v) is 5.85. The van der Waals surface area contributed by atoms with E-state index in [1.807, 2.05) is 18.2 Å². The quantitative estimate of drug-likeness (QED) is 0.833. The fourth-order valence-corrected chi connectivity index (χ4v) is 4.41. The largest absolute Gasteiger partial charge is 0.490 e. The predicted molar refractivity (Wildman–Crippen MR) is 92.1 cm³/mol. The van der Waals surface area contributed by atoms with E-state index in [0.29, 0.717) is 27.9 Å². The number of hydrogen-bond donors (Lipinski definition) is 0. The van der Waals surface area contributed by atoms with Crippen LogP contribution >= 0.6 is 23.2 Å². The molecule has 1 aromatic carbocycles. The number of likely N-dealkylation sites (tertiary alicyclic amines) is 1. The van der Waals surface area contributed by atoms with Crippen molar-refractivity contribution in [1.29, 1.82) is 0 Å². The van der Waals surface area contributed by atoms with Crippen LogP contribution in [0.5, 0.6) is 5.75 Å². The smallest absolute Gasteiger partial charge is 0.121 e. The summed E-state index contributed by atoms with van der Waals surface area (Å²) in [7, 11) is 6.57. The van der Waals surface area contributed by atoms with Gasteiger partial charge in [-0.15, -0.1) is 0 Å². The molecule has 0 N–H and O–H groups in total. The molecule has 22 heavy (non-hydrogen) atoms. The summed E-state index contributed by atoms with van der Waals surface area (Å²) in [6.07, 6.45) is 2.74. The van der Waals surface area contributed by atoms with Crippen LogP contribution in [0.2, 0.25) is 10.0 Å². The number of nitrogens with zero attached hydrogens (tertiary/aromatic N) is 2.